The Bertz CT molecular complexity index is 1450. The van der Waals surface area contributed by atoms with Gasteiger partial charge in [0.2, 0.25) is 0 Å². The van der Waals surface area contributed by atoms with Gasteiger partial charge >= 0.3 is 0 Å². The van der Waals surface area contributed by atoms with Crippen molar-refractivity contribution in [2.75, 3.05) is 0 Å². The summed E-state index contributed by atoms with van der Waals surface area (Å²) >= 11 is 1.61. The molecule has 4 nitrogen and oxygen atoms in total. The Kier molecular flexibility index (Phi) is 4.47. The maximum atomic E-state index is 14.1. The van der Waals surface area contributed by atoms with Gasteiger partial charge in [0.05, 0.1) is 23.0 Å². The van der Waals surface area contributed by atoms with Gasteiger partial charge in [-0.25, -0.2) is 13.5 Å². The van der Waals surface area contributed by atoms with Crippen LogP contribution in [0.2, 0.25) is 0 Å². The minimum Gasteiger partial charge on any atom is -0.331 e. The molecule has 5 rings (SSSR count). The maximum absolute atomic E-state index is 14.1. The predicted octanol–water partition coefficient (Wildman–Crippen LogP) is 5.10. The second-order valence-corrected chi connectivity index (χ2v) is 8.50. The summed E-state index contributed by atoms with van der Waals surface area (Å²) in [5, 5.41) is 5.09. The van der Waals surface area contributed by atoms with E-state index >= 15 is 0 Å². The van der Waals surface area contributed by atoms with E-state index in [4.69, 9.17) is 0 Å². The van der Waals surface area contributed by atoms with Crippen LogP contribution in [0.4, 0.5) is 8.78 Å². The van der Waals surface area contributed by atoms with E-state index in [2.05, 4.69) is 5.10 Å². The molecule has 0 fully saturated rings. The molecule has 0 aliphatic heterocycles. The Morgan fingerprint density at radius 3 is 2.57 bits per heavy atom. The smallest absolute Gasteiger partial charge is 0.291 e. The number of aryl methyl sites for hydroxylation is 1. The highest BCUT2D eigenvalue weighted by Gasteiger charge is 2.19. The summed E-state index contributed by atoms with van der Waals surface area (Å²) in [7, 11) is 0. The molecule has 0 bridgehead atoms. The number of fused-ring (bicyclic) bond motifs is 3. The van der Waals surface area contributed by atoms with Gasteiger partial charge in [-0.15, -0.1) is 11.3 Å². The summed E-state index contributed by atoms with van der Waals surface area (Å²) in [6.45, 7) is 2.50. The van der Waals surface area contributed by atoms with Crippen LogP contribution in [-0.2, 0) is 13.1 Å². The molecule has 0 N–H and O–H groups in total. The number of nitrogens with zero attached hydrogens (tertiary/aromatic N) is 3. The first-order chi connectivity index (χ1) is 14.5. The topological polar surface area (TPSA) is 39.8 Å². The Hall–Kier alpha value is -3.32. The molecule has 0 aliphatic rings. The van der Waals surface area contributed by atoms with Crippen LogP contribution >= 0.6 is 11.3 Å². The van der Waals surface area contributed by atoms with Gasteiger partial charge in [-0.2, -0.15) is 5.10 Å². The first-order valence-electron chi connectivity index (χ1n) is 9.47. The van der Waals surface area contributed by atoms with E-state index in [-0.39, 0.29) is 23.7 Å². The van der Waals surface area contributed by atoms with E-state index in [1.54, 1.807) is 47.9 Å². The zero-order chi connectivity index (χ0) is 20.8. The van der Waals surface area contributed by atoms with Crippen molar-refractivity contribution in [2.24, 2.45) is 0 Å². The predicted molar refractivity (Wildman–Crippen MR) is 115 cm³/mol. The molecule has 30 heavy (non-hydrogen) atoms. The Morgan fingerprint density at radius 1 is 1.03 bits per heavy atom. The summed E-state index contributed by atoms with van der Waals surface area (Å²) in [5.74, 6) is -0.673. The number of halogens is 2. The van der Waals surface area contributed by atoms with Crippen molar-refractivity contribution in [3.8, 4) is 0 Å². The van der Waals surface area contributed by atoms with Gasteiger partial charge in [-0.05, 0) is 36.8 Å². The van der Waals surface area contributed by atoms with Crippen LogP contribution in [0.25, 0.3) is 21.1 Å². The summed E-state index contributed by atoms with van der Waals surface area (Å²) in [4.78, 5) is 14.5. The number of hydrogen-bond acceptors (Lipinski definition) is 3. The molecule has 7 heteroatoms. The van der Waals surface area contributed by atoms with E-state index in [1.165, 1.54) is 22.9 Å². The van der Waals surface area contributed by atoms with Crippen molar-refractivity contribution in [3.63, 3.8) is 0 Å². The van der Waals surface area contributed by atoms with Gasteiger partial charge in [0, 0.05) is 22.4 Å². The second kappa shape index (κ2) is 7.18. The third-order valence-corrected chi connectivity index (χ3v) is 6.26. The van der Waals surface area contributed by atoms with E-state index in [0.29, 0.717) is 17.6 Å². The summed E-state index contributed by atoms with van der Waals surface area (Å²) in [5.41, 5.74) is 2.47. The molecule has 0 saturated heterocycles. The molecule has 0 atom stereocenters. The average Bonchev–Trinajstić information content (AvgIpc) is 3.24. The van der Waals surface area contributed by atoms with Crippen molar-refractivity contribution >= 4 is 32.5 Å². The minimum atomic E-state index is -0.371. The highest BCUT2D eigenvalue weighted by atomic mass is 32.1. The van der Waals surface area contributed by atoms with Crippen molar-refractivity contribution in [1.82, 2.24) is 14.3 Å². The number of aromatic nitrogens is 3. The molecule has 0 radical (unpaired) electrons. The molecule has 3 aromatic heterocycles. The largest absolute Gasteiger partial charge is 0.331 e. The highest BCUT2D eigenvalue weighted by Crippen LogP contribution is 2.34. The third-order valence-electron chi connectivity index (χ3n) is 5.19. The van der Waals surface area contributed by atoms with Gasteiger partial charge in [0.1, 0.15) is 17.2 Å². The van der Waals surface area contributed by atoms with Gasteiger partial charge in [0.25, 0.3) is 5.56 Å². The SMILES string of the molecule is Cc1cc2c(s1)c1cnn(Cc3ccccc3F)c(=O)c1n2Cc1ccc(F)cc1. The first-order valence-corrected chi connectivity index (χ1v) is 10.3. The molecule has 150 valence electrons. The minimum absolute atomic E-state index is 0.0514. The zero-order valence-electron chi connectivity index (χ0n) is 16.1. The van der Waals surface area contributed by atoms with Crippen molar-refractivity contribution in [1.29, 1.82) is 0 Å². The number of hydrogen-bond donors (Lipinski definition) is 0. The fraction of sp³-hybridized carbons (Fsp3) is 0.130. The molecule has 0 amide bonds. The lowest BCUT2D eigenvalue weighted by Gasteiger charge is -2.09. The zero-order valence-corrected chi connectivity index (χ0v) is 16.9. The monoisotopic (exact) mass is 421 g/mol. The van der Waals surface area contributed by atoms with Gasteiger partial charge in [-0.1, -0.05) is 30.3 Å². The van der Waals surface area contributed by atoms with E-state index in [1.807, 2.05) is 17.6 Å². The average molecular weight is 421 g/mol. The van der Waals surface area contributed by atoms with Crippen LogP contribution in [0.15, 0.2) is 65.6 Å². The van der Waals surface area contributed by atoms with Gasteiger partial charge in [0.15, 0.2) is 0 Å². The van der Waals surface area contributed by atoms with Gasteiger partial charge in [-0.3, -0.25) is 4.79 Å². The standard InChI is InChI=1S/C23H17F2N3OS/c1-14-10-20-22(30-14)18-11-26-28(13-16-4-2-3-5-19(16)25)23(29)21(18)27(20)12-15-6-8-17(24)9-7-15/h2-11H,12-13H2,1H3. The lowest BCUT2D eigenvalue weighted by molar-refractivity contribution is 0.574. The number of benzene rings is 2. The van der Waals surface area contributed by atoms with E-state index in [0.717, 1.165) is 26.0 Å². The third kappa shape index (κ3) is 3.11. The van der Waals surface area contributed by atoms with Crippen molar-refractivity contribution in [3.05, 3.63) is 98.8 Å². The molecule has 3 heterocycles. The van der Waals surface area contributed by atoms with Crippen molar-refractivity contribution in [2.45, 2.75) is 20.0 Å². The molecular weight excluding hydrogens is 404 g/mol. The van der Waals surface area contributed by atoms with Crippen LogP contribution in [0.5, 0.6) is 0 Å². The van der Waals surface area contributed by atoms with Crippen LogP contribution in [-0.4, -0.2) is 14.3 Å². The molecule has 5 aromatic rings. The van der Waals surface area contributed by atoms with Gasteiger partial charge < -0.3 is 4.57 Å². The number of rotatable bonds is 4. The summed E-state index contributed by atoms with van der Waals surface area (Å²) in [6.07, 6.45) is 1.68. The van der Waals surface area contributed by atoms with Crippen LogP contribution in [0.1, 0.15) is 16.0 Å². The Morgan fingerprint density at radius 2 is 1.80 bits per heavy atom. The van der Waals surface area contributed by atoms with Crippen molar-refractivity contribution < 1.29 is 8.78 Å². The lowest BCUT2D eigenvalue weighted by atomic mass is 10.2. The Balaban J connectivity index is 1.70. The summed E-state index contributed by atoms with van der Waals surface area (Å²) in [6, 6.07) is 14.7. The molecule has 0 spiro atoms. The molecule has 2 aromatic carbocycles. The maximum Gasteiger partial charge on any atom is 0.291 e. The van der Waals surface area contributed by atoms with Crippen LogP contribution in [0.3, 0.4) is 0 Å². The van der Waals surface area contributed by atoms with Crippen LogP contribution < -0.4 is 5.56 Å². The molecule has 0 saturated carbocycles. The quantitative estimate of drug-likeness (QED) is 0.405. The molecule has 0 unspecified atom stereocenters. The normalized spacial score (nSPS) is 11.6. The second-order valence-electron chi connectivity index (χ2n) is 7.25. The fourth-order valence-corrected chi connectivity index (χ4v) is 4.78. The molecular formula is C23H17F2N3OS. The lowest BCUT2D eigenvalue weighted by Crippen LogP contribution is -2.25. The van der Waals surface area contributed by atoms with E-state index in [9.17, 15) is 13.6 Å². The number of thiophene rings is 1. The van der Waals surface area contributed by atoms with E-state index < -0.39 is 0 Å². The molecule has 0 aliphatic carbocycles. The summed E-state index contributed by atoms with van der Waals surface area (Å²) < 4.78 is 31.7. The highest BCUT2D eigenvalue weighted by molar-refractivity contribution is 7.20. The fourth-order valence-electron chi connectivity index (χ4n) is 3.76. The Labute approximate surface area is 174 Å². The first kappa shape index (κ1) is 18.7. The van der Waals surface area contributed by atoms with Crippen LogP contribution in [0, 0.1) is 18.6 Å².